The van der Waals surface area contributed by atoms with Crippen LogP contribution in [0, 0.1) is 6.92 Å². The summed E-state index contributed by atoms with van der Waals surface area (Å²) in [7, 11) is 0. The monoisotopic (exact) mass is 304 g/mol. The molecule has 0 aliphatic carbocycles. The molecular weight excluding hydrogens is 292 g/mol. The lowest BCUT2D eigenvalue weighted by molar-refractivity contribution is -0.133. The number of carboxylic acids is 1. The molecule has 0 saturated heterocycles. The van der Waals surface area contributed by atoms with E-state index in [0.29, 0.717) is 22.5 Å². The third kappa shape index (κ3) is 2.27. The lowest BCUT2D eigenvalue weighted by atomic mass is 9.96. The summed E-state index contributed by atoms with van der Waals surface area (Å²) in [4.78, 5) is 15.9. The number of carbonyl (C=O) groups is 1. The normalized spacial score (nSPS) is 17.4. The number of aliphatic carboxylic acids is 1. The standard InChI is InChI=1S/C14H13ClN4O2/c1-7-11(13(20)21)12(9-3-5-10(15)6-4-9)19-14(16-7)17-8(2)18-19/h3-6,12H,1-2H3,(H,20,21)(H,16,17,18)/t12-/m1/s1. The van der Waals surface area contributed by atoms with Crippen molar-refractivity contribution in [3.8, 4) is 0 Å². The smallest absolute Gasteiger partial charge is 0.335 e. The van der Waals surface area contributed by atoms with Gasteiger partial charge >= 0.3 is 5.97 Å². The number of benzene rings is 1. The summed E-state index contributed by atoms with van der Waals surface area (Å²) in [5, 5.41) is 17.4. The number of nitrogens with one attached hydrogen (secondary N) is 1. The molecule has 2 aromatic rings. The summed E-state index contributed by atoms with van der Waals surface area (Å²) >= 11 is 5.91. The summed E-state index contributed by atoms with van der Waals surface area (Å²) in [6.07, 6.45) is 0. The Labute approximate surface area is 126 Å². The first-order valence-electron chi connectivity index (χ1n) is 6.37. The Balaban J connectivity index is 2.21. The van der Waals surface area contributed by atoms with Crippen LogP contribution in [0.3, 0.4) is 0 Å². The fourth-order valence-electron chi connectivity index (χ4n) is 2.49. The Morgan fingerprint density at radius 2 is 2.00 bits per heavy atom. The van der Waals surface area contributed by atoms with E-state index < -0.39 is 12.0 Å². The van der Waals surface area contributed by atoms with Gasteiger partial charge in [-0.2, -0.15) is 10.1 Å². The van der Waals surface area contributed by atoms with Gasteiger partial charge in [-0.1, -0.05) is 23.7 Å². The average molecular weight is 305 g/mol. The van der Waals surface area contributed by atoms with Crippen LogP contribution in [0.5, 0.6) is 0 Å². The van der Waals surface area contributed by atoms with Crippen molar-refractivity contribution in [1.29, 1.82) is 0 Å². The Bertz CT molecular complexity index is 749. The SMILES string of the molecule is CC1=C(C(=O)O)[C@@H](c2ccc(Cl)cc2)n2nc(C)nc2N1. The molecule has 0 fully saturated rings. The van der Waals surface area contributed by atoms with Crippen molar-refractivity contribution in [2.75, 3.05) is 5.32 Å². The number of hydrogen-bond acceptors (Lipinski definition) is 4. The predicted molar refractivity (Wildman–Crippen MR) is 78.3 cm³/mol. The van der Waals surface area contributed by atoms with Gasteiger partial charge in [0.1, 0.15) is 11.9 Å². The largest absolute Gasteiger partial charge is 0.478 e. The number of rotatable bonds is 2. The molecule has 6 nitrogen and oxygen atoms in total. The minimum atomic E-state index is -0.987. The van der Waals surface area contributed by atoms with Gasteiger partial charge in [-0.05, 0) is 31.5 Å². The molecule has 21 heavy (non-hydrogen) atoms. The molecule has 0 amide bonds. The quantitative estimate of drug-likeness (QED) is 0.891. The fourth-order valence-corrected chi connectivity index (χ4v) is 2.61. The summed E-state index contributed by atoms with van der Waals surface area (Å²) in [6.45, 7) is 3.49. The number of nitrogens with zero attached hydrogens (tertiary/aromatic N) is 3. The molecule has 1 aliphatic heterocycles. The summed E-state index contributed by atoms with van der Waals surface area (Å²) in [6, 6.07) is 6.54. The van der Waals surface area contributed by atoms with Crippen LogP contribution in [0.15, 0.2) is 35.5 Å². The molecule has 1 aromatic carbocycles. The highest BCUT2D eigenvalue weighted by molar-refractivity contribution is 6.30. The molecule has 1 aromatic heterocycles. The molecule has 0 unspecified atom stereocenters. The minimum absolute atomic E-state index is 0.245. The highest BCUT2D eigenvalue weighted by Crippen LogP contribution is 2.35. The maximum Gasteiger partial charge on any atom is 0.335 e. The summed E-state index contributed by atoms with van der Waals surface area (Å²) < 4.78 is 1.59. The number of aryl methyl sites for hydroxylation is 1. The lowest BCUT2D eigenvalue weighted by Crippen LogP contribution is -2.28. The van der Waals surface area contributed by atoms with Crippen LogP contribution >= 0.6 is 11.6 Å². The molecule has 0 spiro atoms. The van der Waals surface area contributed by atoms with Crippen molar-refractivity contribution in [1.82, 2.24) is 14.8 Å². The number of allylic oxidation sites excluding steroid dienone is 1. The van der Waals surface area contributed by atoms with Crippen LogP contribution in [-0.4, -0.2) is 25.8 Å². The van der Waals surface area contributed by atoms with E-state index in [1.165, 1.54) is 0 Å². The van der Waals surface area contributed by atoms with Crippen LogP contribution in [0.1, 0.15) is 24.4 Å². The van der Waals surface area contributed by atoms with Crippen molar-refractivity contribution in [3.05, 3.63) is 51.9 Å². The van der Waals surface area contributed by atoms with E-state index in [2.05, 4.69) is 15.4 Å². The van der Waals surface area contributed by atoms with E-state index >= 15 is 0 Å². The number of carboxylic acid groups (broad SMARTS) is 1. The van der Waals surface area contributed by atoms with Gasteiger partial charge < -0.3 is 10.4 Å². The molecule has 0 radical (unpaired) electrons. The van der Waals surface area contributed by atoms with E-state index in [9.17, 15) is 9.90 Å². The Kier molecular flexibility index (Phi) is 3.17. The summed E-state index contributed by atoms with van der Waals surface area (Å²) in [5.74, 6) is 0.129. The molecule has 3 rings (SSSR count). The third-order valence-electron chi connectivity index (χ3n) is 3.37. The third-order valence-corrected chi connectivity index (χ3v) is 3.63. The van der Waals surface area contributed by atoms with E-state index in [-0.39, 0.29) is 5.57 Å². The van der Waals surface area contributed by atoms with Gasteiger partial charge in [-0.15, -0.1) is 0 Å². The molecule has 1 aliphatic rings. The van der Waals surface area contributed by atoms with Gasteiger partial charge in [0.05, 0.1) is 5.57 Å². The van der Waals surface area contributed by atoms with Crippen molar-refractivity contribution in [2.45, 2.75) is 19.9 Å². The number of halogens is 1. The van der Waals surface area contributed by atoms with Gasteiger partial charge in [0.2, 0.25) is 5.95 Å². The average Bonchev–Trinajstić information content (AvgIpc) is 2.77. The van der Waals surface area contributed by atoms with Crippen molar-refractivity contribution in [3.63, 3.8) is 0 Å². The van der Waals surface area contributed by atoms with Crippen molar-refractivity contribution >= 4 is 23.5 Å². The number of anilines is 1. The molecule has 0 bridgehead atoms. The van der Waals surface area contributed by atoms with Crippen LogP contribution in [0.4, 0.5) is 5.95 Å². The second-order valence-electron chi connectivity index (χ2n) is 4.85. The summed E-state index contributed by atoms with van der Waals surface area (Å²) in [5.41, 5.74) is 1.60. The number of aromatic nitrogens is 3. The molecule has 2 N–H and O–H groups in total. The first kappa shape index (κ1) is 13.6. The van der Waals surface area contributed by atoms with Crippen LogP contribution in [0.2, 0.25) is 5.02 Å². The van der Waals surface area contributed by atoms with Crippen LogP contribution < -0.4 is 5.32 Å². The van der Waals surface area contributed by atoms with Gasteiger partial charge in [0.15, 0.2) is 0 Å². The second-order valence-corrected chi connectivity index (χ2v) is 5.29. The first-order chi connectivity index (χ1) is 9.97. The zero-order valence-corrected chi connectivity index (χ0v) is 12.2. The number of fused-ring (bicyclic) bond motifs is 1. The predicted octanol–water partition coefficient (Wildman–Crippen LogP) is 2.61. The van der Waals surface area contributed by atoms with E-state index in [4.69, 9.17) is 11.6 Å². The van der Waals surface area contributed by atoms with Gasteiger partial charge in [0.25, 0.3) is 0 Å². The Hall–Kier alpha value is -2.34. The van der Waals surface area contributed by atoms with E-state index in [1.807, 2.05) is 0 Å². The number of hydrogen-bond donors (Lipinski definition) is 2. The van der Waals surface area contributed by atoms with E-state index in [1.54, 1.807) is 42.8 Å². The topological polar surface area (TPSA) is 80.0 Å². The van der Waals surface area contributed by atoms with Gasteiger partial charge in [0, 0.05) is 10.7 Å². The highest BCUT2D eigenvalue weighted by atomic mass is 35.5. The zero-order chi connectivity index (χ0) is 15.1. The van der Waals surface area contributed by atoms with E-state index in [0.717, 1.165) is 5.56 Å². The molecule has 1 atom stereocenters. The van der Waals surface area contributed by atoms with Gasteiger partial charge in [-0.25, -0.2) is 9.48 Å². The molecule has 7 heteroatoms. The molecule has 108 valence electrons. The Morgan fingerprint density at radius 1 is 1.33 bits per heavy atom. The van der Waals surface area contributed by atoms with Gasteiger partial charge in [-0.3, -0.25) is 0 Å². The Morgan fingerprint density at radius 3 is 2.62 bits per heavy atom. The highest BCUT2D eigenvalue weighted by Gasteiger charge is 2.33. The zero-order valence-electron chi connectivity index (χ0n) is 11.5. The van der Waals surface area contributed by atoms with Crippen LogP contribution in [-0.2, 0) is 4.79 Å². The minimum Gasteiger partial charge on any atom is -0.478 e. The maximum atomic E-state index is 11.6. The molecular formula is C14H13ClN4O2. The maximum absolute atomic E-state index is 11.6. The van der Waals surface area contributed by atoms with Crippen LogP contribution in [0.25, 0.3) is 0 Å². The molecule has 2 heterocycles. The van der Waals surface area contributed by atoms with Crippen molar-refractivity contribution < 1.29 is 9.90 Å². The fraction of sp³-hybridized carbons (Fsp3) is 0.214. The lowest BCUT2D eigenvalue weighted by Gasteiger charge is -2.27. The molecule has 0 saturated carbocycles. The van der Waals surface area contributed by atoms with Crippen molar-refractivity contribution in [2.24, 2.45) is 0 Å². The second kappa shape index (κ2) is 4.89. The first-order valence-corrected chi connectivity index (χ1v) is 6.75.